The van der Waals surface area contributed by atoms with Crippen LogP contribution in [0, 0.1) is 13.8 Å². The minimum atomic E-state index is -0.802. The van der Waals surface area contributed by atoms with E-state index < -0.39 is 17.1 Å². The second-order valence-corrected chi connectivity index (χ2v) is 8.11. The SMILES string of the molecule is COC(=O)c1ccc2nc(-c3c(C)cc(OCCC[S+](C)[O-])cc3C)nn2c1. The van der Waals surface area contributed by atoms with Gasteiger partial charge in [-0.15, -0.1) is 5.10 Å². The molecule has 1 atom stereocenters. The first-order valence-corrected chi connectivity index (χ1v) is 10.6. The van der Waals surface area contributed by atoms with Gasteiger partial charge >= 0.3 is 5.97 Å². The molecule has 0 radical (unpaired) electrons. The molecule has 3 rings (SSSR count). The van der Waals surface area contributed by atoms with Crippen molar-refractivity contribution >= 4 is 22.8 Å². The molecule has 0 saturated heterocycles. The molecule has 7 nitrogen and oxygen atoms in total. The third-order valence-corrected chi connectivity index (χ3v) is 5.19. The molecular weight excluding hydrogens is 378 g/mol. The molecule has 148 valence electrons. The Morgan fingerprint density at radius 2 is 1.96 bits per heavy atom. The first-order chi connectivity index (χ1) is 13.4. The van der Waals surface area contributed by atoms with Gasteiger partial charge in [0, 0.05) is 18.2 Å². The number of hydrogen-bond acceptors (Lipinski definition) is 6. The van der Waals surface area contributed by atoms with Crippen LogP contribution in [0.3, 0.4) is 0 Å². The highest BCUT2D eigenvalue weighted by molar-refractivity contribution is 7.90. The molecule has 0 amide bonds. The van der Waals surface area contributed by atoms with Crippen molar-refractivity contribution in [1.82, 2.24) is 14.6 Å². The first-order valence-electron chi connectivity index (χ1n) is 8.88. The summed E-state index contributed by atoms with van der Waals surface area (Å²) in [5, 5.41) is 4.53. The van der Waals surface area contributed by atoms with Crippen LogP contribution in [0.15, 0.2) is 30.5 Å². The molecule has 1 aromatic carbocycles. The van der Waals surface area contributed by atoms with E-state index >= 15 is 0 Å². The Hall–Kier alpha value is -2.58. The van der Waals surface area contributed by atoms with Crippen LogP contribution in [0.1, 0.15) is 27.9 Å². The Balaban J connectivity index is 1.85. The predicted octanol–water partition coefficient (Wildman–Crippen LogP) is 2.95. The van der Waals surface area contributed by atoms with Crippen LogP contribution in [0.2, 0.25) is 0 Å². The van der Waals surface area contributed by atoms with E-state index in [2.05, 4.69) is 10.1 Å². The molecule has 0 aliphatic carbocycles. The molecule has 0 spiro atoms. The zero-order valence-electron chi connectivity index (χ0n) is 16.4. The number of hydrogen-bond donors (Lipinski definition) is 0. The fraction of sp³-hybridized carbons (Fsp3) is 0.350. The van der Waals surface area contributed by atoms with Gasteiger partial charge in [-0.05, 0) is 49.2 Å². The third kappa shape index (κ3) is 4.45. The van der Waals surface area contributed by atoms with Crippen LogP contribution >= 0.6 is 0 Å². The maximum absolute atomic E-state index is 11.7. The number of methoxy groups -OCH3 is 1. The van der Waals surface area contributed by atoms with E-state index in [1.165, 1.54) is 7.11 Å². The number of ether oxygens (including phenoxy) is 2. The van der Waals surface area contributed by atoms with E-state index in [1.54, 1.807) is 29.1 Å². The molecule has 0 fully saturated rings. The lowest BCUT2D eigenvalue weighted by Gasteiger charge is -2.12. The molecule has 2 heterocycles. The van der Waals surface area contributed by atoms with Gasteiger partial charge < -0.3 is 14.0 Å². The Labute approximate surface area is 166 Å². The predicted molar refractivity (Wildman–Crippen MR) is 108 cm³/mol. The van der Waals surface area contributed by atoms with Gasteiger partial charge in [0.05, 0.1) is 25.5 Å². The molecule has 0 bridgehead atoms. The lowest BCUT2D eigenvalue weighted by Crippen LogP contribution is -2.08. The zero-order valence-corrected chi connectivity index (χ0v) is 17.2. The number of esters is 1. The largest absolute Gasteiger partial charge is 0.617 e. The molecule has 2 aromatic heterocycles. The van der Waals surface area contributed by atoms with Crippen LogP contribution in [0.25, 0.3) is 17.0 Å². The van der Waals surface area contributed by atoms with E-state index in [0.717, 1.165) is 28.9 Å². The summed E-state index contributed by atoms with van der Waals surface area (Å²) in [5.74, 6) is 1.58. The average Bonchev–Trinajstić information content (AvgIpc) is 3.06. The molecule has 1 unspecified atom stereocenters. The minimum Gasteiger partial charge on any atom is -0.617 e. The summed E-state index contributed by atoms with van der Waals surface area (Å²) in [6.07, 6.45) is 4.05. The second kappa shape index (κ2) is 8.62. The number of fused-ring (bicyclic) bond motifs is 1. The van der Waals surface area contributed by atoms with Crippen LogP contribution in [-0.2, 0) is 15.9 Å². The molecule has 0 aliphatic heterocycles. The van der Waals surface area contributed by atoms with Gasteiger partial charge in [0.15, 0.2) is 11.5 Å². The number of nitrogens with zero attached hydrogens (tertiary/aromatic N) is 3. The average molecular weight is 401 g/mol. The van der Waals surface area contributed by atoms with Gasteiger partial charge in [-0.1, -0.05) is 11.2 Å². The van der Waals surface area contributed by atoms with Gasteiger partial charge in [0.1, 0.15) is 11.5 Å². The third-order valence-electron chi connectivity index (χ3n) is 4.33. The van der Waals surface area contributed by atoms with Gasteiger partial charge in [-0.2, -0.15) is 0 Å². The minimum absolute atomic E-state index is 0.414. The van der Waals surface area contributed by atoms with Gasteiger partial charge in [0.2, 0.25) is 0 Å². The van der Waals surface area contributed by atoms with Gasteiger partial charge in [0.25, 0.3) is 0 Å². The summed E-state index contributed by atoms with van der Waals surface area (Å²) in [7, 11) is 1.34. The molecule has 0 aliphatic rings. The quantitative estimate of drug-likeness (QED) is 0.344. The highest BCUT2D eigenvalue weighted by atomic mass is 32.2. The monoisotopic (exact) mass is 401 g/mol. The Morgan fingerprint density at radius 3 is 2.61 bits per heavy atom. The topological polar surface area (TPSA) is 88.8 Å². The number of pyridine rings is 1. The van der Waals surface area contributed by atoms with Crippen molar-refractivity contribution in [2.45, 2.75) is 20.3 Å². The molecule has 3 aromatic rings. The van der Waals surface area contributed by atoms with Crippen LogP contribution in [-0.4, -0.2) is 50.8 Å². The van der Waals surface area contributed by atoms with Gasteiger partial charge in [-0.25, -0.2) is 14.3 Å². The van der Waals surface area contributed by atoms with Crippen molar-refractivity contribution in [3.63, 3.8) is 0 Å². The number of benzene rings is 1. The summed E-state index contributed by atoms with van der Waals surface area (Å²) in [6, 6.07) is 7.32. The maximum atomic E-state index is 11.7. The van der Waals surface area contributed by atoms with E-state index in [4.69, 9.17) is 9.47 Å². The molecular formula is C20H23N3O4S. The number of carbonyl (C=O) groups excluding carboxylic acids is 1. The van der Waals surface area contributed by atoms with Crippen molar-refractivity contribution in [2.24, 2.45) is 0 Å². The molecule has 28 heavy (non-hydrogen) atoms. The highest BCUT2D eigenvalue weighted by Gasteiger charge is 2.15. The number of aromatic nitrogens is 3. The number of rotatable bonds is 7. The van der Waals surface area contributed by atoms with Gasteiger partial charge in [-0.3, -0.25) is 0 Å². The lowest BCUT2D eigenvalue weighted by atomic mass is 10.0. The Bertz CT molecular complexity index is 977. The Morgan fingerprint density at radius 1 is 1.25 bits per heavy atom. The lowest BCUT2D eigenvalue weighted by molar-refractivity contribution is 0.0600. The van der Waals surface area contributed by atoms with E-state index in [1.807, 2.05) is 26.0 Å². The summed E-state index contributed by atoms with van der Waals surface area (Å²) in [6.45, 7) is 4.50. The maximum Gasteiger partial charge on any atom is 0.339 e. The van der Waals surface area contributed by atoms with Crippen molar-refractivity contribution in [3.8, 4) is 17.1 Å². The van der Waals surface area contributed by atoms with Crippen molar-refractivity contribution in [2.75, 3.05) is 25.7 Å². The molecule has 0 N–H and O–H groups in total. The zero-order chi connectivity index (χ0) is 20.3. The van der Waals surface area contributed by atoms with Crippen molar-refractivity contribution < 1.29 is 18.8 Å². The summed E-state index contributed by atoms with van der Waals surface area (Å²) >= 11 is -0.802. The Kier molecular flexibility index (Phi) is 6.21. The van der Waals surface area contributed by atoms with E-state index in [-0.39, 0.29) is 0 Å². The standard InChI is InChI=1S/C20H23N3O4S/c1-13-10-16(27-8-5-9-28(4)25)11-14(2)18(13)19-21-17-7-6-15(20(24)26-3)12-23(17)22-19/h6-7,10-12H,5,8-9H2,1-4H3. The number of carbonyl (C=O) groups is 1. The fourth-order valence-corrected chi connectivity index (χ4v) is 3.56. The smallest absolute Gasteiger partial charge is 0.339 e. The van der Waals surface area contributed by atoms with Crippen LogP contribution in [0.5, 0.6) is 5.75 Å². The van der Waals surface area contributed by atoms with E-state index in [9.17, 15) is 9.35 Å². The normalized spacial score (nSPS) is 12.2. The second-order valence-electron chi connectivity index (χ2n) is 6.56. The number of aryl methyl sites for hydroxylation is 2. The van der Waals surface area contributed by atoms with Crippen molar-refractivity contribution in [3.05, 3.63) is 47.2 Å². The van der Waals surface area contributed by atoms with Crippen LogP contribution in [0.4, 0.5) is 0 Å². The molecule has 0 saturated carbocycles. The fourth-order valence-electron chi connectivity index (χ4n) is 3.04. The van der Waals surface area contributed by atoms with E-state index in [0.29, 0.717) is 29.4 Å². The van der Waals surface area contributed by atoms with Crippen molar-refractivity contribution in [1.29, 1.82) is 0 Å². The highest BCUT2D eigenvalue weighted by Crippen LogP contribution is 2.29. The summed E-state index contributed by atoms with van der Waals surface area (Å²) in [4.78, 5) is 16.3. The summed E-state index contributed by atoms with van der Waals surface area (Å²) in [5.41, 5.74) is 3.99. The summed E-state index contributed by atoms with van der Waals surface area (Å²) < 4.78 is 23.2. The van der Waals surface area contributed by atoms with Crippen LogP contribution < -0.4 is 4.74 Å². The first kappa shape index (κ1) is 20.2. The molecule has 8 heteroatoms.